The molecule has 1 aliphatic rings. The van der Waals surface area contributed by atoms with E-state index < -0.39 is 0 Å². The number of hydrogen-bond acceptors (Lipinski definition) is 3. The maximum atomic E-state index is 12.4. The summed E-state index contributed by atoms with van der Waals surface area (Å²) in [7, 11) is 0. The smallest absolute Gasteiger partial charge is 0.229 e. The molecule has 23 heavy (non-hydrogen) atoms. The van der Waals surface area contributed by atoms with Gasteiger partial charge in [-0.3, -0.25) is 9.69 Å². The fraction of sp³-hybridized carbons (Fsp3) is 0.333. The molecule has 2 aromatic rings. The molecule has 0 aliphatic carbocycles. The number of likely N-dealkylation sites (tertiary alicyclic amines) is 1. The predicted molar refractivity (Wildman–Crippen MR) is 92.3 cm³/mol. The van der Waals surface area contributed by atoms with Crippen molar-refractivity contribution in [1.82, 2.24) is 9.88 Å². The highest BCUT2D eigenvalue weighted by molar-refractivity contribution is 6.30. The number of halogens is 1. The lowest BCUT2D eigenvalue weighted by Crippen LogP contribution is -2.40. The summed E-state index contributed by atoms with van der Waals surface area (Å²) in [5, 5.41) is 3.45. The van der Waals surface area contributed by atoms with E-state index in [4.69, 9.17) is 11.6 Å². The summed E-state index contributed by atoms with van der Waals surface area (Å²) in [5.74, 6) is 0.599. The molecule has 3 rings (SSSR count). The van der Waals surface area contributed by atoms with Crippen LogP contribution in [0.25, 0.3) is 0 Å². The van der Waals surface area contributed by atoms with E-state index in [1.807, 2.05) is 6.07 Å². The Kier molecular flexibility index (Phi) is 5.26. The summed E-state index contributed by atoms with van der Waals surface area (Å²) < 4.78 is 0. The molecule has 1 N–H and O–H groups in total. The lowest BCUT2D eigenvalue weighted by Gasteiger charge is -2.31. The number of pyridine rings is 1. The minimum absolute atomic E-state index is 0.00457. The number of piperidine rings is 1. The van der Waals surface area contributed by atoms with Crippen molar-refractivity contribution in [1.29, 1.82) is 0 Å². The van der Waals surface area contributed by atoms with Crippen molar-refractivity contribution < 1.29 is 4.79 Å². The maximum Gasteiger partial charge on any atom is 0.229 e. The van der Waals surface area contributed by atoms with Crippen LogP contribution >= 0.6 is 11.6 Å². The minimum Gasteiger partial charge on any atom is -0.310 e. The quantitative estimate of drug-likeness (QED) is 0.932. The Morgan fingerprint density at radius 2 is 2.09 bits per heavy atom. The van der Waals surface area contributed by atoms with Crippen LogP contribution in [0.3, 0.4) is 0 Å². The Labute approximate surface area is 141 Å². The fourth-order valence-corrected chi connectivity index (χ4v) is 3.04. The average molecular weight is 330 g/mol. The van der Waals surface area contributed by atoms with Gasteiger partial charge in [-0.2, -0.15) is 0 Å². The highest BCUT2D eigenvalue weighted by atomic mass is 35.5. The number of anilines is 1. The van der Waals surface area contributed by atoms with Crippen molar-refractivity contribution in [2.75, 3.05) is 18.4 Å². The van der Waals surface area contributed by atoms with Crippen LogP contribution in [0.5, 0.6) is 0 Å². The van der Waals surface area contributed by atoms with Crippen LogP contribution in [0.4, 0.5) is 5.82 Å². The van der Waals surface area contributed by atoms with Crippen molar-refractivity contribution in [3.05, 3.63) is 59.2 Å². The van der Waals surface area contributed by atoms with Gasteiger partial charge in [-0.15, -0.1) is 0 Å². The van der Waals surface area contributed by atoms with Gasteiger partial charge in [0.2, 0.25) is 5.91 Å². The van der Waals surface area contributed by atoms with E-state index in [0.717, 1.165) is 32.5 Å². The van der Waals surface area contributed by atoms with E-state index in [1.165, 1.54) is 5.56 Å². The molecular formula is C18H20ClN3O. The SMILES string of the molecule is O=C(Nc1ccc(Cl)cn1)C1CCCN(Cc2ccccc2)C1. The first-order valence-corrected chi connectivity index (χ1v) is 8.27. The van der Waals surface area contributed by atoms with Crippen LogP contribution in [0.1, 0.15) is 18.4 Å². The van der Waals surface area contributed by atoms with Gasteiger partial charge in [0, 0.05) is 19.3 Å². The van der Waals surface area contributed by atoms with Gasteiger partial charge in [0.1, 0.15) is 5.82 Å². The highest BCUT2D eigenvalue weighted by Gasteiger charge is 2.26. The number of benzene rings is 1. The van der Waals surface area contributed by atoms with Crippen molar-refractivity contribution in [3.63, 3.8) is 0 Å². The Morgan fingerprint density at radius 1 is 1.26 bits per heavy atom. The molecule has 0 bridgehead atoms. The van der Waals surface area contributed by atoms with Crippen molar-refractivity contribution >= 4 is 23.3 Å². The molecule has 1 atom stereocenters. The number of aromatic nitrogens is 1. The molecule has 2 heterocycles. The van der Waals surface area contributed by atoms with Gasteiger partial charge < -0.3 is 5.32 Å². The van der Waals surface area contributed by atoms with Gasteiger partial charge >= 0.3 is 0 Å². The van der Waals surface area contributed by atoms with E-state index >= 15 is 0 Å². The van der Waals surface area contributed by atoms with Gasteiger partial charge in [-0.05, 0) is 37.1 Å². The molecule has 0 spiro atoms. The molecule has 5 heteroatoms. The summed E-state index contributed by atoms with van der Waals surface area (Å²) in [5.41, 5.74) is 1.29. The van der Waals surface area contributed by atoms with Crippen LogP contribution in [-0.4, -0.2) is 28.9 Å². The van der Waals surface area contributed by atoms with Gasteiger partial charge in [-0.25, -0.2) is 4.98 Å². The lowest BCUT2D eigenvalue weighted by atomic mass is 9.96. The lowest BCUT2D eigenvalue weighted by molar-refractivity contribution is -0.121. The largest absolute Gasteiger partial charge is 0.310 e. The number of carbonyl (C=O) groups is 1. The normalized spacial score (nSPS) is 18.6. The second-order valence-corrected chi connectivity index (χ2v) is 6.35. The first kappa shape index (κ1) is 16.0. The van der Waals surface area contributed by atoms with Gasteiger partial charge in [0.05, 0.1) is 10.9 Å². The number of hydrogen-bond donors (Lipinski definition) is 1. The first-order valence-electron chi connectivity index (χ1n) is 7.89. The van der Waals surface area contributed by atoms with Crippen LogP contribution in [0, 0.1) is 5.92 Å². The number of rotatable bonds is 4. The van der Waals surface area contributed by atoms with E-state index in [-0.39, 0.29) is 11.8 Å². The van der Waals surface area contributed by atoms with Crippen LogP contribution < -0.4 is 5.32 Å². The summed E-state index contributed by atoms with van der Waals surface area (Å²) >= 11 is 5.81. The zero-order valence-corrected chi connectivity index (χ0v) is 13.7. The van der Waals surface area contributed by atoms with Crippen LogP contribution in [0.15, 0.2) is 48.7 Å². The standard InChI is InChI=1S/C18H20ClN3O/c19-16-8-9-17(20-11-16)21-18(23)15-7-4-10-22(13-15)12-14-5-2-1-3-6-14/h1-3,5-6,8-9,11,15H,4,7,10,12-13H2,(H,20,21,23). The number of nitrogens with zero attached hydrogens (tertiary/aromatic N) is 2. The number of carbonyl (C=O) groups excluding carboxylic acids is 1. The number of nitrogens with one attached hydrogen (secondary N) is 1. The molecule has 1 amide bonds. The molecule has 1 fully saturated rings. The topological polar surface area (TPSA) is 45.2 Å². The zero-order chi connectivity index (χ0) is 16.1. The highest BCUT2D eigenvalue weighted by Crippen LogP contribution is 2.20. The molecule has 120 valence electrons. The third kappa shape index (κ3) is 4.53. The van der Waals surface area contributed by atoms with Gasteiger partial charge in [-0.1, -0.05) is 41.9 Å². The third-order valence-electron chi connectivity index (χ3n) is 4.10. The molecule has 0 radical (unpaired) electrons. The van der Waals surface area contributed by atoms with Gasteiger partial charge in [0.15, 0.2) is 0 Å². The molecule has 4 nitrogen and oxygen atoms in total. The Balaban J connectivity index is 1.57. The van der Waals surface area contributed by atoms with Crippen LogP contribution in [-0.2, 0) is 11.3 Å². The van der Waals surface area contributed by atoms with E-state index in [0.29, 0.717) is 10.8 Å². The summed E-state index contributed by atoms with van der Waals surface area (Å²) in [6.07, 6.45) is 3.50. The van der Waals surface area contributed by atoms with E-state index in [2.05, 4.69) is 39.5 Å². The Bertz CT molecular complexity index is 645. The Hall–Kier alpha value is -1.91. The van der Waals surface area contributed by atoms with E-state index in [9.17, 15) is 4.79 Å². The fourth-order valence-electron chi connectivity index (χ4n) is 2.93. The molecule has 1 unspecified atom stereocenters. The molecule has 1 aromatic heterocycles. The molecule has 1 saturated heterocycles. The van der Waals surface area contributed by atoms with Crippen molar-refractivity contribution in [2.45, 2.75) is 19.4 Å². The number of amides is 1. The average Bonchev–Trinajstić information content (AvgIpc) is 2.58. The first-order chi connectivity index (χ1) is 11.2. The second kappa shape index (κ2) is 7.57. The zero-order valence-electron chi connectivity index (χ0n) is 12.9. The Morgan fingerprint density at radius 3 is 2.83 bits per heavy atom. The van der Waals surface area contributed by atoms with Gasteiger partial charge in [0.25, 0.3) is 0 Å². The summed E-state index contributed by atoms with van der Waals surface area (Å²) in [6.45, 7) is 2.72. The summed E-state index contributed by atoms with van der Waals surface area (Å²) in [6, 6.07) is 13.8. The molecule has 0 saturated carbocycles. The summed E-state index contributed by atoms with van der Waals surface area (Å²) in [4.78, 5) is 18.9. The molecule has 1 aromatic carbocycles. The molecule has 1 aliphatic heterocycles. The maximum absolute atomic E-state index is 12.4. The van der Waals surface area contributed by atoms with Crippen molar-refractivity contribution in [2.24, 2.45) is 5.92 Å². The van der Waals surface area contributed by atoms with Crippen molar-refractivity contribution in [3.8, 4) is 0 Å². The molecular weight excluding hydrogens is 310 g/mol. The second-order valence-electron chi connectivity index (χ2n) is 5.91. The predicted octanol–water partition coefficient (Wildman–Crippen LogP) is 3.59. The van der Waals surface area contributed by atoms with Crippen LogP contribution in [0.2, 0.25) is 5.02 Å². The minimum atomic E-state index is 0.00457. The van der Waals surface area contributed by atoms with E-state index in [1.54, 1.807) is 18.3 Å². The monoisotopic (exact) mass is 329 g/mol. The third-order valence-corrected chi connectivity index (χ3v) is 4.33.